The molecule has 2 amide bonds. The molecule has 0 unspecified atom stereocenters. The molecule has 11 nitrogen and oxygen atoms in total. The number of hydrogen-bond donors (Lipinski definition) is 1. The smallest absolute Gasteiger partial charge is 0.248 e. The minimum atomic E-state index is -0.731. The number of nitrogens with one attached hydrogen (secondary N) is 1. The maximum Gasteiger partial charge on any atom is 0.248 e. The van der Waals surface area contributed by atoms with Gasteiger partial charge in [-0.3, -0.25) is 9.59 Å². The first-order valence-corrected chi connectivity index (χ1v) is 14.7. The summed E-state index contributed by atoms with van der Waals surface area (Å²) in [5, 5.41) is 17.8. The number of hydrogen-bond acceptors (Lipinski definition) is 9. The van der Waals surface area contributed by atoms with Crippen molar-refractivity contribution in [2.75, 3.05) is 27.4 Å². The highest BCUT2D eigenvalue weighted by molar-refractivity contribution is 7.10. The van der Waals surface area contributed by atoms with Crippen molar-refractivity contribution in [2.45, 2.75) is 69.7 Å². The summed E-state index contributed by atoms with van der Waals surface area (Å²) < 4.78 is 16.4. The Morgan fingerprint density at radius 3 is 2.65 bits per heavy atom. The van der Waals surface area contributed by atoms with Crippen LogP contribution in [0, 0.1) is 0 Å². The largest absolute Gasteiger partial charge is 0.493 e. The van der Waals surface area contributed by atoms with Crippen molar-refractivity contribution in [3.05, 3.63) is 40.6 Å². The molecule has 1 N–H and O–H groups in total. The van der Waals surface area contributed by atoms with E-state index in [2.05, 4.69) is 20.7 Å². The minimum Gasteiger partial charge on any atom is -0.493 e. The highest BCUT2D eigenvalue weighted by atomic mass is 32.1. The number of methoxy groups -OCH3 is 2. The molecule has 12 heteroatoms. The van der Waals surface area contributed by atoms with Crippen LogP contribution in [0.4, 0.5) is 0 Å². The van der Waals surface area contributed by atoms with Crippen molar-refractivity contribution in [2.24, 2.45) is 0 Å². The van der Waals surface area contributed by atoms with Crippen LogP contribution in [-0.2, 0) is 20.9 Å². The van der Waals surface area contributed by atoms with Crippen LogP contribution in [0.2, 0.25) is 0 Å². The molecule has 5 rings (SSSR count). The third-order valence-electron chi connectivity index (χ3n) is 7.49. The van der Waals surface area contributed by atoms with E-state index in [1.807, 2.05) is 23.6 Å². The normalized spacial score (nSPS) is 18.3. The molecular weight excluding hydrogens is 532 g/mol. The molecule has 2 aliphatic rings. The van der Waals surface area contributed by atoms with E-state index in [0.717, 1.165) is 56.4 Å². The van der Waals surface area contributed by atoms with Gasteiger partial charge in [0.05, 0.1) is 20.3 Å². The Balaban J connectivity index is 1.38. The lowest BCUT2D eigenvalue weighted by atomic mass is 9.92. The summed E-state index contributed by atoms with van der Waals surface area (Å²) >= 11 is 1.48. The standard InChI is InChI=1S/C28H36N6O5S/c1-37-22-13-12-19(16-23(22)38-2)27-30-32-33(31-27)18-25(35)34(20-8-4-3-5-9-20)26(24-11-7-15-40-24)28(36)29-17-21-10-6-14-39-21/h7,11-13,15-16,20-21,26H,3-6,8-10,14,17-18H2,1-2H3,(H,29,36)/t21-,26+/m0/s1. The van der Waals surface area contributed by atoms with Gasteiger partial charge in [-0.25, -0.2) is 0 Å². The third kappa shape index (κ3) is 6.44. The molecule has 1 aromatic carbocycles. The fourth-order valence-electron chi connectivity index (χ4n) is 5.48. The first kappa shape index (κ1) is 28.0. The Kier molecular flexibility index (Phi) is 9.27. The second-order valence-electron chi connectivity index (χ2n) is 10.1. The Morgan fingerprint density at radius 2 is 1.95 bits per heavy atom. The minimum absolute atomic E-state index is 0.0149. The molecule has 214 valence electrons. The lowest BCUT2D eigenvalue weighted by Crippen LogP contribution is -2.51. The monoisotopic (exact) mass is 568 g/mol. The van der Waals surface area contributed by atoms with Gasteiger partial charge in [-0.1, -0.05) is 25.3 Å². The summed E-state index contributed by atoms with van der Waals surface area (Å²) in [4.78, 5) is 31.6. The summed E-state index contributed by atoms with van der Waals surface area (Å²) in [6.07, 6.45) is 6.83. The van der Waals surface area contributed by atoms with E-state index in [-0.39, 0.29) is 30.5 Å². The number of amides is 2. The first-order chi connectivity index (χ1) is 19.6. The molecule has 0 bridgehead atoms. The van der Waals surface area contributed by atoms with Gasteiger partial charge < -0.3 is 24.4 Å². The van der Waals surface area contributed by atoms with Crippen LogP contribution in [0.25, 0.3) is 11.4 Å². The van der Waals surface area contributed by atoms with E-state index in [0.29, 0.717) is 29.4 Å². The molecule has 1 saturated carbocycles. The van der Waals surface area contributed by atoms with Gasteiger partial charge in [-0.05, 0) is 60.5 Å². The van der Waals surface area contributed by atoms with Crippen molar-refractivity contribution in [3.8, 4) is 22.9 Å². The van der Waals surface area contributed by atoms with E-state index in [1.165, 1.54) is 16.1 Å². The summed E-state index contributed by atoms with van der Waals surface area (Å²) in [5.74, 6) is 1.10. The van der Waals surface area contributed by atoms with Crippen LogP contribution in [0.1, 0.15) is 55.9 Å². The van der Waals surface area contributed by atoms with Gasteiger partial charge in [0, 0.05) is 29.6 Å². The van der Waals surface area contributed by atoms with Crippen LogP contribution < -0.4 is 14.8 Å². The average Bonchev–Trinajstić information content (AvgIpc) is 3.78. The highest BCUT2D eigenvalue weighted by Crippen LogP contribution is 2.34. The van der Waals surface area contributed by atoms with Gasteiger partial charge in [0.1, 0.15) is 12.6 Å². The lowest BCUT2D eigenvalue weighted by Gasteiger charge is -2.39. The van der Waals surface area contributed by atoms with Gasteiger partial charge >= 0.3 is 0 Å². The quantitative estimate of drug-likeness (QED) is 0.372. The fourth-order valence-corrected chi connectivity index (χ4v) is 6.30. The second kappa shape index (κ2) is 13.2. The van der Waals surface area contributed by atoms with Gasteiger partial charge in [0.25, 0.3) is 0 Å². The number of carbonyl (C=O) groups is 2. The maximum atomic E-state index is 14.0. The molecule has 1 aliphatic heterocycles. The van der Waals surface area contributed by atoms with Crippen molar-refractivity contribution in [1.82, 2.24) is 30.4 Å². The molecule has 0 radical (unpaired) electrons. The van der Waals surface area contributed by atoms with Gasteiger partial charge in [-0.15, -0.1) is 21.5 Å². The molecule has 1 saturated heterocycles. The number of carbonyl (C=O) groups excluding carboxylic acids is 2. The molecule has 2 fully saturated rings. The fraction of sp³-hybridized carbons (Fsp3) is 0.536. The summed E-state index contributed by atoms with van der Waals surface area (Å²) in [6.45, 7) is 1.03. The zero-order valence-electron chi connectivity index (χ0n) is 23.0. The second-order valence-corrected chi connectivity index (χ2v) is 11.1. The van der Waals surface area contributed by atoms with Crippen LogP contribution in [-0.4, -0.2) is 76.4 Å². The summed E-state index contributed by atoms with van der Waals surface area (Å²) in [7, 11) is 3.13. The van der Waals surface area contributed by atoms with Crippen LogP contribution >= 0.6 is 11.3 Å². The van der Waals surface area contributed by atoms with Gasteiger partial charge in [0.2, 0.25) is 17.6 Å². The molecule has 1 aliphatic carbocycles. The zero-order valence-corrected chi connectivity index (χ0v) is 23.8. The Labute approximate surface area is 237 Å². The number of aromatic nitrogens is 4. The molecule has 2 aromatic heterocycles. The molecule has 0 spiro atoms. The van der Waals surface area contributed by atoms with Crippen molar-refractivity contribution in [1.29, 1.82) is 0 Å². The van der Waals surface area contributed by atoms with E-state index in [4.69, 9.17) is 14.2 Å². The van der Waals surface area contributed by atoms with Crippen LogP contribution in [0.15, 0.2) is 35.7 Å². The van der Waals surface area contributed by atoms with Crippen molar-refractivity contribution >= 4 is 23.2 Å². The Bertz CT molecular complexity index is 1270. The molecule has 3 aromatic rings. The zero-order chi connectivity index (χ0) is 27.9. The predicted octanol–water partition coefficient (Wildman–Crippen LogP) is 3.62. The topological polar surface area (TPSA) is 121 Å². The maximum absolute atomic E-state index is 14.0. The number of nitrogens with zero attached hydrogens (tertiary/aromatic N) is 5. The number of thiophene rings is 1. The van der Waals surface area contributed by atoms with E-state index in [1.54, 1.807) is 31.3 Å². The highest BCUT2D eigenvalue weighted by Gasteiger charge is 2.38. The third-order valence-corrected chi connectivity index (χ3v) is 8.42. The van der Waals surface area contributed by atoms with Crippen molar-refractivity contribution in [3.63, 3.8) is 0 Å². The average molecular weight is 569 g/mol. The molecule has 40 heavy (non-hydrogen) atoms. The molecular formula is C28H36N6O5S. The van der Waals surface area contributed by atoms with E-state index in [9.17, 15) is 9.59 Å². The SMILES string of the molecule is COc1ccc(-c2nnn(CC(=O)N(C3CCCCC3)[C@@H](C(=O)NC[C@@H]3CCCO3)c3cccs3)n2)cc1OC. The first-order valence-electron chi connectivity index (χ1n) is 13.8. The number of rotatable bonds is 11. The van der Waals surface area contributed by atoms with Crippen LogP contribution in [0.3, 0.4) is 0 Å². The van der Waals surface area contributed by atoms with Crippen molar-refractivity contribution < 1.29 is 23.8 Å². The Morgan fingerprint density at radius 1 is 1.12 bits per heavy atom. The summed E-state index contributed by atoms with van der Waals surface area (Å²) in [6, 6.07) is 8.41. The summed E-state index contributed by atoms with van der Waals surface area (Å²) in [5.41, 5.74) is 0.686. The van der Waals surface area contributed by atoms with Crippen LogP contribution in [0.5, 0.6) is 11.5 Å². The van der Waals surface area contributed by atoms with E-state index < -0.39 is 6.04 Å². The molecule has 2 atom stereocenters. The van der Waals surface area contributed by atoms with Gasteiger partial charge in [0.15, 0.2) is 11.5 Å². The molecule has 3 heterocycles. The number of ether oxygens (including phenoxy) is 3. The number of benzene rings is 1. The number of tetrazole rings is 1. The van der Waals surface area contributed by atoms with E-state index >= 15 is 0 Å². The lowest BCUT2D eigenvalue weighted by molar-refractivity contribution is -0.145. The van der Waals surface area contributed by atoms with Gasteiger partial charge in [-0.2, -0.15) is 4.80 Å². The predicted molar refractivity (Wildman–Crippen MR) is 149 cm³/mol. The Hall–Kier alpha value is -3.51.